The third-order valence-electron chi connectivity index (χ3n) is 3.99. The first-order valence-electron chi connectivity index (χ1n) is 7.42. The lowest BCUT2D eigenvalue weighted by Gasteiger charge is -2.12. The molecule has 0 aliphatic rings. The van der Waals surface area contributed by atoms with Crippen molar-refractivity contribution in [1.82, 2.24) is 4.98 Å². The van der Waals surface area contributed by atoms with Crippen LogP contribution in [0.25, 0.3) is 10.9 Å². The lowest BCUT2D eigenvalue weighted by molar-refractivity contribution is 0.597. The van der Waals surface area contributed by atoms with E-state index in [4.69, 9.17) is 5.14 Å². The zero-order chi connectivity index (χ0) is 17.5. The van der Waals surface area contributed by atoms with Crippen molar-refractivity contribution >= 4 is 36.9 Å². The molecule has 0 fully saturated rings. The van der Waals surface area contributed by atoms with Crippen LogP contribution in [0.1, 0.15) is 22.3 Å². The summed E-state index contributed by atoms with van der Waals surface area (Å²) in [6.07, 6.45) is 2.23. The Morgan fingerprint density at radius 2 is 1.83 bits per heavy atom. The van der Waals surface area contributed by atoms with Crippen molar-refractivity contribution in [2.75, 3.05) is 0 Å². The number of rotatable bonds is 3. The van der Waals surface area contributed by atoms with Crippen molar-refractivity contribution in [3.05, 3.63) is 69.3 Å². The summed E-state index contributed by atoms with van der Waals surface area (Å²) in [4.78, 5) is 4.60. The third-order valence-corrected chi connectivity index (χ3v) is 5.47. The van der Waals surface area contributed by atoms with Gasteiger partial charge in [0.05, 0.1) is 10.4 Å². The van der Waals surface area contributed by atoms with Gasteiger partial charge in [-0.3, -0.25) is 4.98 Å². The van der Waals surface area contributed by atoms with Gasteiger partial charge >= 0.3 is 0 Å². The van der Waals surface area contributed by atoms with Crippen LogP contribution in [-0.4, -0.2) is 13.4 Å². The van der Waals surface area contributed by atoms with Crippen molar-refractivity contribution in [1.29, 1.82) is 0 Å². The molecule has 4 nitrogen and oxygen atoms in total. The van der Waals surface area contributed by atoms with Crippen LogP contribution < -0.4 is 5.14 Å². The maximum absolute atomic E-state index is 11.9. The van der Waals surface area contributed by atoms with Gasteiger partial charge in [-0.15, -0.1) is 0 Å². The average Bonchev–Trinajstić information content (AvgIpc) is 2.48. The van der Waals surface area contributed by atoms with Crippen molar-refractivity contribution in [2.45, 2.75) is 25.2 Å². The molecule has 0 saturated heterocycles. The van der Waals surface area contributed by atoms with Gasteiger partial charge in [-0.25, -0.2) is 13.6 Å². The molecule has 0 saturated carbocycles. The number of halogens is 1. The Bertz CT molecular complexity index is 1050. The summed E-state index contributed by atoms with van der Waals surface area (Å²) in [5, 5.41) is 6.42. The van der Waals surface area contributed by atoms with Crippen LogP contribution >= 0.6 is 15.9 Å². The topological polar surface area (TPSA) is 73.0 Å². The maximum Gasteiger partial charge on any atom is 0.238 e. The molecular weight excluding hydrogens is 388 g/mol. The van der Waals surface area contributed by atoms with Gasteiger partial charge < -0.3 is 0 Å². The minimum absolute atomic E-state index is 0.145. The van der Waals surface area contributed by atoms with Crippen molar-refractivity contribution in [2.24, 2.45) is 5.14 Å². The number of nitrogens with two attached hydrogens (primary N) is 1. The minimum Gasteiger partial charge on any atom is -0.256 e. The van der Waals surface area contributed by atoms with Crippen molar-refractivity contribution in [3.63, 3.8) is 0 Å². The smallest absolute Gasteiger partial charge is 0.238 e. The minimum atomic E-state index is -3.79. The number of nitrogens with zero attached hydrogens (tertiary/aromatic N) is 1. The van der Waals surface area contributed by atoms with Gasteiger partial charge in [0.15, 0.2) is 0 Å². The third kappa shape index (κ3) is 3.36. The Hall–Kier alpha value is -1.76. The summed E-state index contributed by atoms with van der Waals surface area (Å²) in [6.45, 7) is 4.07. The molecule has 0 atom stereocenters. The second-order valence-electron chi connectivity index (χ2n) is 5.92. The highest BCUT2D eigenvalue weighted by molar-refractivity contribution is 9.10. The molecule has 0 unspecified atom stereocenters. The summed E-state index contributed by atoms with van der Waals surface area (Å²) in [5.74, 6) is 0. The second kappa shape index (κ2) is 6.27. The van der Waals surface area contributed by atoms with Crippen LogP contribution in [0.3, 0.4) is 0 Å². The van der Waals surface area contributed by atoms with Gasteiger partial charge in [0.2, 0.25) is 10.0 Å². The van der Waals surface area contributed by atoms with E-state index < -0.39 is 10.0 Å². The molecule has 24 heavy (non-hydrogen) atoms. The Morgan fingerprint density at radius 1 is 1.08 bits per heavy atom. The number of aromatic nitrogens is 1. The predicted octanol–water partition coefficient (Wildman–Crippen LogP) is 3.85. The number of hydrogen-bond donors (Lipinski definition) is 1. The highest BCUT2D eigenvalue weighted by Gasteiger charge is 2.16. The monoisotopic (exact) mass is 404 g/mol. The molecule has 3 aromatic rings. The molecule has 0 aliphatic heterocycles. The van der Waals surface area contributed by atoms with Crippen LogP contribution in [-0.2, 0) is 16.4 Å². The number of benzene rings is 2. The van der Waals surface area contributed by atoms with Crippen LogP contribution in [0.4, 0.5) is 0 Å². The first-order chi connectivity index (χ1) is 11.3. The Kier molecular flexibility index (Phi) is 4.46. The highest BCUT2D eigenvalue weighted by atomic mass is 79.9. The average molecular weight is 405 g/mol. The van der Waals surface area contributed by atoms with Gasteiger partial charge in [0.1, 0.15) is 0 Å². The fraction of sp³-hybridized carbons (Fsp3) is 0.167. The quantitative estimate of drug-likeness (QED) is 0.720. The van der Waals surface area contributed by atoms with Gasteiger partial charge in [-0.2, -0.15) is 0 Å². The number of aryl methyl sites for hydroxylation is 2. The van der Waals surface area contributed by atoms with Crippen molar-refractivity contribution in [3.8, 4) is 0 Å². The van der Waals surface area contributed by atoms with Gasteiger partial charge in [0.25, 0.3) is 0 Å². The summed E-state index contributed by atoms with van der Waals surface area (Å²) >= 11 is 3.30. The summed E-state index contributed by atoms with van der Waals surface area (Å²) in [6, 6.07) is 11.3. The molecule has 0 bridgehead atoms. The summed E-state index contributed by atoms with van der Waals surface area (Å²) in [5.41, 5.74) is 4.89. The molecule has 0 aliphatic carbocycles. The van der Waals surface area contributed by atoms with E-state index in [9.17, 15) is 8.42 Å². The molecule has 0 radical (unpaired) electrons. The van der Waals surface area contributed by atoms with Gasteiger partial charge in [-0.1, -0.05) is 33.6 Å². The van der Waals surface area contributed by atoms with Gasteiger partial charge in [0, 0.05) is 16.1 Å². The van der Waals surface area contributed by atoms with E-state index in [-0.39, 0.29) is 4.90 Å². The Labute approximate surface area is 149 Å². The molecule has 1 aromatic heterocycles. The number of sulfonamides is 1. The zero-order valence-electron chi connectivity index (χ0n) is 13.4. The van der Waals surface area contributed by atoms with Crippen LogP contribution in [0.2, 0.25) is 0 Å². The van der Waals surface area contributed by atoms with Crippen molar-refractivity contribution < 1.29 is 8.42 Å². The highest BCUT2D eigenvalue weighted by Crippen LogP contribution is 2.27. The standard InChI is InChI=1S/C18H17BrN2O2S/c1-11-7-12(2)18-16(8-11)13(5-6-21-18)9-14-3-4-15(19)10-17(14)24(20,22)23/h3-8,10H,9H2,1-2H3,(H2,20,22,23). The number of primary sulfonamides is 1. The van der Waals surface area contributed by atoms with E-state index in [0.29, 0.717) is 16.5 Å². The van der Waals surface area contributed by atoms with E-state index in [1.807, 2.05) is 26.0 Å². The zero-order valence-corrected chi connectivity index (χ0v) is 15.8. The molecular formula is C18H17BrN2O2S. The Morgan fingerprint density at radius 3 is 2.54 bits per heavy atom. The van der Waals surface area contributed by atoms with Crippen LogP contribution in [0.15, 0.2) is 52.0 Å². The fourth-order valence-corrected chi connectivity index (χ4v) is 4.28. The number of hydrogen-bond acceptors (Lipinski definition) is 3. The fourth-order valence-electron chi connectivity index (χ4n) is 2.97. The van der Waals surface area contributed by atoms with Gasteiger partial charge in [-0.05, 0) is 61.2 Å². The molecule has 124 valence electrons. The summed E-state index contributed by atoms with van der Waals surface area (Å²) < 4.78 is 24.5. The molecule has 0 amide bonds. The van der Waals surface area contributed by atoms with E-state index in [2.05, 4.69) is 33.0 Å². The molecule has 6 heteroatoms. The summed E-state index contributed by atoms with van der Waals surface area (Å²) in [7, 11) is -3.79. The first-order valence-corrected chi connectivity index (χ1v) is 9.76. The Balaban J connectivity index is 2.19. The van der Waals surface area contributed by atoms with E-state index >= 15 is 0 Å². The molecule has 1 heterocycles. The van der Waals surface area contributed by atoms with Crippen LogP contribution in [0.5, 0.6) is 0 Å². The SMILES string of the molecule is Cc1cc(C)c2nccc(Cc3ccc(Br)cc3S(N)(=O)=O)c2c1. The first kappa shape index (κ1) is 17.1. The molecule has 0 spiro atoms. The molecule has 2 aromatic carbocycles. The predicted molar refractivity (Wildman–Crippen MR) is 99.5 cm³/mol. The van der Waals surface area contributed by atoms with E-state index in [0.717, 1.165) is 27.6 Å². The lowest BCUT2D eigenvalue weighted by Crippen LogP contribution is -2.15. The number of pyridine rings is 1. The van der Waals surface area contributed by atoms with E-state index in [1.165, 1.54) is 0 Å². The van der Waals surface area contributed by atoms with Crippen LogP contribution in [0, 0.1) is 13.8 Å². The normalized spacial score (nSPS) is 11.8. The largest absolute Gasteiger partial charge is 0.256 e. The van der Waals surface area contributed by atoms with E-state index in [1.54, 1.807) is 18.3 Å². The lowest BCUT2D eigenvalue weighted by atomic mass is 9.98. The maximum atomic E-state index is 11.9. The number of fused-ring (bicyclic) bond motifs is 1. The second-order valence-corrected chi connectivity index (χ2v) is 8.37. The molecule has 3 rings (SSSR count). The molecule has 2 N–H and O–H groups in total.